The summed E-state index contributed by atoms with van der Waals surface area (Å²) in [6.07, 6.45) is 0. The van der Waals surface area contributed by atoms with E-state index in [9.17, 15) is 9.90 Å². The van der Waals surface area contributed by atoms with Crippen molar-refractivity contribution in [1.29, 1.82) is 0 Å². The summed E-state index contributed by atoms with van der Waals surface area (Å²) in [6, 6.07) is 16.4. The number of benzene rings is 2. The van der Waals surface area contributed by atoms with Gasteiger partial charge in [0.2, 0.25) is 0 Å². The summed E-state index contributed by atoms with van der Waals surface area (Å²) in [6.45, 7) is 1.66. The van der Waals surface area contributed by atoms with Gasteiger partial charge in [0, 0.05) is 16.3 Å². The molecule has 5 nitrogen and oxygen atoms in total. The first kappa shape index (κ1) is 16.0. The Kier molecular flexibility index (Phi) is 4.44. The Labute approximate surface area is 144 Å². The average Bonchev–Trinajstić information content (AvgIpc) is 2.57. The molecule has 0 radical (unpaired) electrons. The molecule has 1 heterocycles. The number of carboxylic acid groups (broad SMARTS) is 1. The number of hydrogen-bond donors (Lipinski definition) is 2. The minimum Gasteiger partial charge on any atom is -0.477 e. The Balaban J connectivity index is 2.09. The van der Waals surface area contributed by atoms with Gasteiger partial charge in [-0.1, -0.05) is 41.9 Å². The Bertz CT molecular complexity index is 881. The second-order valence-electron chi connectivity index (χ2n) is 5.16. The number of nitrogens with zero attached hydrogens (tertiary/aromatic N) is 2. The van der Waals surface area contributed by atoms with Gasteiger partial charge in [0.25, 0.3) is 0 Å². The summed E-state index contributed by atoms with van der Waals surface area (Å²) in [5, 5.41) is 13.1. The molecular formula is C18H14ClN3O2. The van der Waals surface area contributed by atoms with Crippen molar-refractivity contribution in [2.24, 2.45) is 0 Å². The molecule has 120 valence electrons. The first-order chi connectivity index (χ1) is 11.5. The molecule has 24 heavy (non-hydrogen) atoms. The first-order valence-corrected chi connectivity index (χ1v) is 7.62. The first-order valence-electron chi connectivity index (χ1n) is 7.24. The molecule has 3 aromatic rings. The number of carboxylic acids is 1. The van der Waals surface area contributed by atoms with Crippen molar-refractivity contribution in [1.82, 2.24) is 9.97 Å². The molecule has 0 bridgehead atoms. The van der Waals surface area contributed by atoms with E-state index in [-0.39, 0.29) is 11.4 Å². The molecule has 0 spiro atoms. The summed E-state index contributed by atoms with van der Waals surface area (Å²) in [5.41, 5.74) is 1.95. The SMILES string of the molecule is Cc1nc(-c2ccccc2)nc(Nc2ccc(Cl)cc2)c1C(=O)O. The molecule has 6 heteroatoms. The minimum absolute atomic E-state index is 0.0460. The zero-order valence-electron chi connectivity index (χ0n) is 12.8. The number of halogens is 1. The number of anilines is 2. The van der Waals surface area contributed by atoms with E-state index in [0.717, 1.165) is 5.56 Å². The third kappa shape index (κ3) is 3.36. The van der Waals surface area contributed by atoms with Crippen LogP contribution in [0.2, 0.25) is 5.02 Å². The Morgan fingerprint density at radius 3 is 2.33 bits per heavy atom. The lowest BCUT2D eigenvalue weighted by molar-refractivity contribution is 0.0696. The van der Waals surface area contributed by atoms with Gasteiger partial charge in [0.15, 0.2) is 5.82 Å². The standard InChI is InChI=1S/C18H14ClN3O2/c1-11-15(18(23)24)17(21-14-9-7-13(19)8-10-14)22-16(20-11)12-5-3-2-4-6-12/h2-10H,1H3,(H,23,24)(H,20,21,22). The van der Waals surface area contributed by atoms with Gasteiger partial charge < -0.3 is 10.4 Å². The maximum atomic E-state index is 11.6. The summed E-state index contributed by atoms with van der Waals surface area (Å²) in [5.74, 6) is -0.366. The summed E-state index contributed by atoms with van der Waals surface area (Å²) in [4.78, 5) is 20.3. The molecule has 0 aliphatic heterocycles. The highest BCUT2D eigenvalue weighted by Gasteiger charge is 2.18. The molecule has 0 aliphatic carbocycles. The Morgan fingerprint density at radius 2 is 1.71 bits per heavy atom. The van der Waals surface area contributed by atoms with Crippen molar-refractivity contribution in [2.45, 2.75) is 6.92 Å². The lowest BCUT2D eigenvalue weighted by atomic mass is 10.1. The van der Waals surface area contributed by atoms with E-state index in [0.29, 0.717) is 22.2 Å². The van der Waals surface area contributed by atoms with Crippen LogP contribution >= 0.6 is 11.6 Å². The van der Waals surface area contributed by atoms with Gasteiger partial charge in [-0.3, -0.25) is 0 Å². The minimum atomic E-state index is -1.08. The van der Waals surface area contributed by atoms with Gasteiger partial charge in [-0.2, -0.15) is 0 Å². The van der Waals surface area contributed by atoms with E-state index in [1.54, 1.807) is 31.2 Å². The normalized spacial score (nSPS) is 10.4. The summed E-state index contributed by atoms with van der Waals surface area (Å²) < 4.78 is 0. The highest BCUT2D eigenvalue weighted by atomic mass is 35.5. The lowest BCUT2D eigenvalue weighted by Gasteiger charge is -2.12. The zero-order chi connectivity index (χ0) is 17.1. The van der Waals surface area contributed by atoms with Crippen LogP contribution in [0.4, 0.5) is 11.5 Å². The van der Waals surface area contributed by atoms with Crippen molar-refractivity contribution in [3.05, 3.63) is 70.9 Å². The topological polar surface area (TPSA) is 75.1 Å². The van der Waals surface area contributed by atoms with E-state index < -0.39 is 5.97 Å². The monoisotopic (exact) mass is 339 g/mol. The van der Waals surface area contributed by atoms with Gasteiger partial charge in [-0.25, -0.2) is 14.8 Å². The predicted molar refractivity (Wildman–Crippen MR) is 93.9 cm³/mol. The number of aromatic carboxylic acids is 1. The van der Waals surface area contributed by atoms with Gasteiger partial charge in [0.05, 0.1) is 5.69 Å². The fourth-order valence-corrected chi connectivity index (χ4v) is 2.43. The second kappa shape index (κ2) is 6.68. The Morgan fingerprint density at radius 1 is 1.04 bits per heavy atom. The number of aryl methyl sites for hydroxylation is 1. The maximum absolute atomic E-state index is 11.6. The van der Waals surface area contributed by atoms with E-state index in [2.05, 4.69) is 15.3 Å². The van der Waals surface area contributed by atoms with Crippen LogP contribution in [0.25, 0.3) is 11.4 Å². The van der Waals surface area contributed by atoms with Crippen LogP contribution in [0.5, 0.6) is 0 Å². The Hall–Kier alpha value is -2.92. The van der Waals surface area contributed by atoms with Gasteiger partial charge in [-0.05, 0) is 31.2 Å². The number of aromatic nitrogens is 2. The molecule has 0 saturated heterocycles. The molecule has 2 N–H and O–H groups in total. The van der Waals surface area contributed by atoms with Crippen LogP contribution in [-0.2, 0) is 0 Å². The molecule has 0 fully saturated rings. The quantitative estimate of drug-likeness (QED) is 0.729. The number of nitrogens with one attached hydrogen (secondary N) is 1. The van der Waals surface area contributed by atoms with Crippen molar-refractivity contribution >= 4 is 29.1 Å². The van der Waals surface area contributed by atoms with Crippen LogP contribution in [0.1, 0.15) is 16.1 Å². The molecule has 3 rings (SSSR count). The van der Waals surface area contributed by atoms with E-state index >= 15 is 0 Å². The second-order valence-corrected chi connectivity index (χ2v) is 5.60. The zero-order valence-corrected chi connectivity index (χ0v) is 13.6. The van der Waals surface area contributed by atoms with Crippen molar-refractivity contribution in [3.8, 4) is 11.4 Å². The number of hydrogen-bond acceptors (Lipinski definition) is 4. The van der Waals surface area contributed by atoms with Crippen LogP contribution in [0, 0.1) is 6.92 Å². The van der Waals surface area contributed by atoms with Crippen molar-refractivity contribution < 1.29 is 9.90 Å². The number of carbonyl (C=O) groups is 1. The van der Waals surface area contributed by atoms with E-state index in [1.165, 1.54) is 0 Å². The fourth-order valence-electron chi connectivity index (χ4n) is 2.31. The smallest absolute Gasteiger partial charge is 0.341 e. The molecule has 0 unspecified atom stereocenters. The van der Waals surface area contributed by atoms with Crippen LogP contribution in [-0.4, -0.2) is 21.0 Å². The molecule has 0 amide bonds. The van der Waals surface area contributed by atoms with Crippen LogP contribution in [0.15, 0.2) is 54.6 Å². The molecular weight excluding hydrogens is 326 g/mol. The van der Waals surface area contributed by atoms with Crippen molar-refractivity contribution in [3.63, 3.8) is 0 Å². The van der Waals surface area contributed by atoms with Crippen molar-refractivity contribution in [2.75, 3.05) is 5.32 Å². The molecule has 0 aliphatic rings. The highest BCUT2D eigenvalue weighted by Crippen LogP contribution is 2.25. The van der Waals surface area contributed by atoms with Crippen LogP contribution in [0.3, 0.4) is 0 Å². The predicted octanol–water partition coefficient (Wildman–Crippen LogP) is 4.55. The third-order valence-electron chi connectivity index (χ3n) is 3.44. The van der Waals surface area contributed by atoms with Gasteiger partial charge >= 0.3 is 5.97 Å². The molecule has 0 saturated carbocycles. The largest absolute Gasteiger partial charge is 0.477 e. The van der Waals surface area contributed by atoms with E-state index in [4.69, 9.17) is 11.6 Å². The van der Waals surface area contributed by atoms with Gasteiger partial charge in [-0.15, -0.1) is 0 Å². The molecule has 1 aromatic heterocycles. The highest BCUT2D eigenvalue weighted by molar-refractivity contribution is 6.30. The lowest BCUT2D eigenvalue weighted by Crippen LogP contribution is -2.10. The summed E-state index contributed by atoms with van der Waals surface area (Å²) in [7, 11) is 0. The third-order valence-corrected chi connectivity index (χ3v) is 3.69. The average molecular weight is 340 g/mol. The van der Waals surface area contributed by atoms with Crippen LogP contribution < -0.4 is 5.32 Å². The maximum Gasteiger partial charge on any atom is 0.341 e. The number of rotatable bonds is 4. The van der Waals surface area contributed by atoms with Gasteiger partial charge in [0.1, 0.15) is 11.4 Å². The fraction of sp³-hybridized carbons (Fsp3) is 0.0556. The molecule has 0 atom stereocenters. The molecule has 2 aromatic carbocycles. The van der Waals surface area contributed by atoms with E-state index in [1.807, 2.05) is 30.3 Å². The summed E-state index contributed by atoms with van der Waals surface area (Å²) >= 11 is 5.88.